The van der Waals surface area contributed by atoms with Gasteiger partial charge in [0.05, 0.1) is 22.6 Å². The van der Waals surface area contributed by atoms with Gasteiger partial charge in [-0.1, -0.05) is 6.08 Å². The average molecular weight is 265 g/mol. The maximum Gasteiger partial charge on any atom is 0.277 e. The average Bonchev–Trinajstić information content (AvgIpc) is 2.42. The molecule has 19 heavy (non-hydrogen) atoms. The molecule has 0 radical (unpaired) electrons. The minimum absolute atomic E-state index is 0.191. The predicted molar refractivity (Wildman–Crippen MR) is 70.4 cm³/mol. The minimum atomic E-state index is -0.599. The van der Waals surface area contributed by atoms with Gasteiger partial charge in [0, 0.05) is 26.2 Å². The van der Waals surface area contributed by atoms with Gasteiger partial charge in [0.1, 0.15) is 5.82 Å². The second-order valence-corrected chi connectivity index (χ2v) is 4.43. The van der Waals surface area contributed by atoms with E-state index in [9.17, 15) is 14.5 Å². The molecule has 0 saturated carbocycles. The Kier molecular flexibility index (Phi) is 4.24. The van der Waals surface area contributed by atoms with Crippen LogP contribution in [0.2, 0.25) is 0 Å². The molecule has 0 aliphatic carbocycles. The number of halogens is 1. The summed E-state index contributed by atoms with van der Waals surface area (Å²) in [7, 11) is 0. The van der Waals surface area contributed by atoms with Gasteiger partial charge in [0.25, 0.3) is 5.69 Å². The first kappa shape index (κ1) is 13.6. The Morgan fingerprint density at radius 1 is 1.47 bits per heavy atom. The van der Waals surface area contributed by atoms with E-state index in [4.69, 9.17) is 0 Å². The molecule has 0 amide bonds. The molecule has 1 atom stereocenters. The van der Waals surface area contributed by atoms with Crippen molar-refractivity contribution < 1.29 is 9.31 Å². The zero-order valence-electron chi connectivity index (χ0n) is 10.5. The summed E-state index contributed by atoms with van der Waals surface area (Å²) in [5.74, 6) is -0.599. The van der Waals surface area contributed by atoms with Crippen molar-refractivity contribution in [2.24, 2.45) is 0 Å². The van der Waals surface area contributed by atoms with E-state index in [1.807, 2.05) is 0 Å². The van der Waals surface area contributed by atoms with Crippen molar-refractivity contribution in [3.05, 3.63) is 52.3 Å². The Labute approximate surface area is 110 Å². The zero-order chi connectivity index (χ0) is 13.8. The molecule has 1 aliphatic rings. The fourth-order valence-electron chi connectivity index (χ4n) is 2.36. The van der Waals surface area contributed by atoms with E-state index < -0.39 is 10.7 Å². The summed E-state index contributed by atoms with van der Waals surface area (Å²) in [4.78, 5) is 12.6. The number of hydrogen-bond acceptors (Lipinski definition) is 4. The summed E-state index contributed by atoms with van der Waals surface area (Å²) < 4.78 is 13.2. The van der Waals surface area contributed by atoms with Gasteiger partial charge in [0.15, 0.2) is 0 Å². The minimum Gasteiger partial charge on any atom is -0.314 e. The summed E-state index contributed by atoms with van der Waals surface area (Å²) >= 11 is 0. The second kappa shape index (κ2) is 5.90. The van der Waals surface area contributed by atoms with Crippen LogP contribution in [-0.2, 0) is 0 Å². The van der Waals surface area contributed by atoms with E-state index in [1.165, 1.54) is 12.1 Å². The monoisotopic (exact) mass is 265 g/mol. The van der Waals surface area contributed by atoms with E-state index in [-0.39, 0.29) is 11.7 Å². The SMILES string of the molecule is C=C[C@@H](c1ccc(F)cc1[N+](=O)[O-])N1CCNCC1. The lowest BCUT2D eigenvalue weighted by Gasteiger charge is -2.33. The van der Waals surface area contributed by atoms with Gasteiger partial charge >= 0.3 is 0 Å². The molecule has 1 aliphatic heterocycles. The smallest absolute Gasteiger partial charge is 0.277 e. The van der Waals surface area contributed by atoms with E-state index >= 15 is 0 Å². The van der Waals surface area contributed by atoms with Crippen molar-refractivity contribution in [1.82, 2.24) is 10.2 Å². The molecule has 1 fully saturated rings. The largest absolute Gasteiger partial charge is 0.314 e. The third kappa shape index (κ3) is 2.97. The summed E-state index contributed by atoms with van der Waals surface area (Å²) in [6, 6.07) is 3.43. The van der Waals surface area contributed by atoms with Crippen molar-refractivity contribution in [3.63, 3.8) is 0 Å². The molecule has 0 bridgehead atoms. The van der Waals surface area contributed by atoms with Gasteiger partial charge in [-0.2, -0.15) is 0 Å². The second-order valence-electron chi connectivity index (χ2n) is 4.43. The van der Waals surface area contributed by atoms with Crippen LogP contribution in [0.3, 0.4) is 0 Å². The number of nitro groups is 1. The standard InChI is InChI=1S/C13H16FN3O2/c1-2-12(16-7-5-15-6-8-16)11-4-3-10(14)9-13(11)17(18)19/h2-4,9,12,15H,1,5-8H2/t12-/m0/s1. The highest BCUT2D eigenvalue weighted by molar-refractivity contribution is 5.44. The quantitative estimate of drug-likeness (QED) is 0.513. The fourth-order valence-corrected chi connectivity index (χ4v) is 2.36. The third-order valence-corrected chi connectivity index (χ3v) is 3.28. The molecular formula is C13H16FN3O2. The maximum absolute atomic E-state index is 13.2. The van der Waals surface area contributed by atoms with Gasteiger partial charge < -0.3 is 5.32 Å². The molecule has 102 valence electrons. The Hall–Kier alpha value is -1.79. The van der Waals surface area contributed by atoms with Gasteiger partial charge in [-0.3, -0.25) is 15.0 Å². The molecule has 1 saturated heterocycles. The fraction of sp³-hybridized carbons (Fsp3) is 0.385. The predicted octanol–water partition coefficient (Wildman–Crippen LogP) is 1.87. The van der Waals surface area contributed by atoms with Gasteiger partial charge in [-0.25, -0.2) is 4.39 Å². The van der Waals surface area contributed by atoms with Gasteiger partial charge in [0.2, 0.25) is 0 Å². The summed E-state index contributed by atoms with van der Waals surface area (Å²) in [5.41, 5.74) is 0.298. The summed E-state index contributed by atoms with van der Waals surface area (Å²) in [5, 5.41) is 14.3. The van der Waals surface area contributed by atoms with Crippen LogP contribution in [0.15, 0.2) is 30.9 Å². The Morgan fingerprint density at radius 3 is 2.74 bits per heavy atom. The molecule has 1 heterocycles. The molecule has 2 rings (SSSR count). The third-order valence-electron chi connectivity index (χ3n) is 3.28. The van der Waals surface area contributed by atoms with Gasteiger partial charge in [-0.15, -0.1) is 6.58 Å². The van der Waals surface area contributed by atoms with Crippen molar-refractivity contribution in [2.75, 3.05) is 26.2 Å². The van der Waals surface area contributed by atoms with Crippen LogP contribution < -0.4 is 5.32 Å². The van der Waals surface area contributed by atoms with Crippen LogP contribution in [0.1, 0.15) is 11.6 Å². The highest BCUT2D eigenvalue weighted by atomic mass is 19.1. The van der Waals surface area contributed by atoms with E-state index in [0.717, 1.165) is 32.2 Å². The molecule has 0 spiro atoms. The Balaban J connectivity index is 2.36. The highest BCUT2D eigenvalue weighted by Gasteiger charge is 2.26. The summed E-state index contributed by atoms with van der Waals surface area (Å²) in [6.07, 6.45) is 1.67. The van der Waals surface area contributed by atoms with E-state index in [0.29, 0.717) is 5.56 Å². The molecule has 6 heteroatoms. The molecule has 1 aromatic carbocycles. The number of rotatable bonds is 4. The lowest BCUT2D eigenvalue weighted by Crippen LogP contribution is -2.44. The van der Waals surface area contributed by atoms with E-state index in [1.54, 1.807) is 6.08 Å². The zero-order valence-corrected chi connectivity index (χ0v) is 10.5. The number of nitro benzene ring substituents is 1. The van der Waals surface area contributed by atoms with Crippen LogP contribution in [0.4, 0.5) is 10.1 Å². The van der Waals surface area contributed by atoms with Gasteiger partial charge in [-0.05, 0) is 12.1 Å². The molecule has 1 aromatic rings. The lowest BCUT2D eigenvalue weighted by atomic mass is 10.0. The van der Waals surface area contributed by atoms with Crippen LogP contribution in [0.25, 0.3) is 0 Å². The van der Waals surface area contributed by atoms with Crippen LogP contribution in [0.5, 0.6) is 0 Å². The van der Waals surface area contributed by atoms with Crippen molar-refractivity contribution in [1.29, 1.82) is 0 Å². The number of nitrogens with zero attached hydrogens (tertiary/aromatic N) is 2. The number of nitrogens with one attached hydrogen (secondary N) is 1. The van der Waals surface area contributed by atoms with Crippen LogP contribution >= 0.6 is 0 Å². The first-order chi connectivity index (χ1) is 9.13. The summed E-state index contributed by atoms with van der Waals surface area (Å²) in [6.45, 7) is 6.99. The van der Waals surface area contributed by atoms with Crippen LogP contribution in [0, 0.1) is 15.9 Å². The number of hydrogen-bond donors (Lipinski definition) is 1. The number of piperazine rings is 1. The topological polar surface area (TPSA) is 58.4 Å². The van der Waals surface area contributed by atoms with Crippen LogP contribution in [-0.4, -0.2) is 36.0 Å². The lowest BCUT2D eigenvalue weighted by molar-refractivity contribution is -0.386. The highest BCUT2D eigenvalue weighted by Crippen LogP contribution is 2.30. The van der Waals surface area contributed by atoms with Crippen molar-refractivity contribution in [3.8, 4) is 0 Å². The number of benzene rings is 1. The Bertz CT molecular complexity index is 487. The molecular weight excluding hydrogens is 249 g/mol. The molecule has 1 N–H and O–H groups in total. The molecule has 0 aromatic heterocycles. The van der Waals surface area contributed by atoms with Crippen molar-refractivity contribution >= 4 is 5.69 Å². The normalized spacial score (nSPS) is 17.9. The van der Waals surface area contributed by atoms with Crippen molar-refractivity contribution in [2.45, 2.75) is 6.04 Å². The first-order valence-corrected chi connectivity index (χ1v) is 6.14. The first-order valence-electron chi connectivity index (χ1n) is 6.14. The molecule has 0 unspecified atom stereocenters. The maximum atomic E-state index is 13.2. The Morgan fingerprint density at radius 2 is 2.16 bits per heavy atom. The van der Waals surface area contributed by atoms with E-state index in [2.05, 4.69) is 16.8 Å². The molecule has 5 nitrogen and oxygen atoms in total.